The molecule has 1 fully saturated rings. The van der Waals surface area contributed by atoms with E-state index < -0.39 is 0 Å². The number of nitrogens with zero attached hydrogens (tertiary/aromatic N) is 1. The van der Waals surface area contributed by atoms with Crippen molar-refractivity contribution in [3.8, 4) is 0 Å². The van der Waals surface area contributed by atoms with Crippen LogP contribution in [-0.2, 0) is 4.79 Å². The molecule has 0 aliphatic carbocycles. The third-order valence-electron chi connectivity index (χ3n) is 4.01. The molecule has 21 heavy (non-hydrogen) atoms. The van der Waals surface area contributed by atoms with Crippen molar-refractivity contribution in [1.29, 1.82) is 0 Å². The highest BCUT2D eigenvalue weighted by molar-refractivity contribution is 5.92. The molecule has 116 valence electrons. The van der Waals surface area contributed by atoms with Crippen LogP contribution in [-0.4, -0.2) is 43.0 Å². The number of rotatable bonds is 6. The second kappa shape index (κ2) is 8.15. The zero-order chi connectivity index (χ0) is 15.1. The molecule has 1 aromatic carbocycles. The molecule has 0 atom stereocenters. The van der Waals surface area contributed by atoms with Crippen molar-refractivity contribution in [1.82, 2.24) is 10.2 Å². The summed E-state index contributed by atoms with van der Waals surface area (Å²) >= 11 is 0. The van der Waals surface area contributed by atoms with E-state index in [2.05, 4.69) is 22.5 Å². The van der Waals surface area contributed by atoms with Crippen LogP contribution in [0.5, 0.6) is 0 Å². The highest BCUT2D eigenvalue weighted by Crippen LogP contribution is 2.11. The number of carbonyl (C=O) groups is 1. The van der Waals surface area contributed by atoms with E-state index in [-0.39, 0.29) is 5.91 Å². The topological polar surface area (TPSA) is 44.4 Å². The van der Waals surface area contributed by atoms with E-state index in [0.29, 0.717) is 12.6 Å². The quantitative estimate of drug-likeness (QED) is 0.845. The number of amides is 1. The molecule has 1 aromatic rings. The van der Waals surface area contributed by atoms with Gasteiger partial charge < -0.3 is 15.5 Å². The molecule has 0 aromatic heterocycles. The molecule has 1 heterocycles. The van der Waals surface area contributed by atoms with E-state index in [1.807, 2.05) is 31.2 Å². The minimum Gasteiger partial charge on any atom is -0.325 e. The fraction of sp³-hybridized carbons (Fsp3) is 0.588. The largest absolute Gasteiger partial charge is 0.325 e. The second-order valence-corrected chi connectivity index (χ2v) is 5.91. The monoisotopic (exact) mass is 289 g/mol. The minimum absolute atomic E-state index is 0.0369. The van der Waals surface area contributed by atoms with Crippen molar-refractivity contribution in [2.24, 2.45) is 0 Å². The maximum atomic E-state index is 11.9. The van der Waals surface area contributed by atoms with Crippen LogP contribution in [0.3, 0.4) is 0 Å². The summed E-state index contributed by atoms with van der Waals surface area (Å²) in [5.74, 6) is 0.0369. The Morgan fingerprint density at radius 1 is 1.24 bits per heavy atom. The molecule has 2 rings (SSSR count). The Morgan fingerprint density at radius 2 is 1.90 bits per heavy atom. The van der Waals surface area contributed by atoms with Gasteiger partial charge in [0.05, 0.1) is 6.54 Å². The molecule has 1 aliphatic heterocycles. The number of aryl methyl sites for hydroxylation is 1. The number of carbonyl (C=O) groups excluding carboxylic acids is 1. The Balaban J connectivity index is 1.66. The van der Waals surface area contributed by atoms with Gasteiger partial charge >= 0.3 is 0 Å². The number of nitrogens with one attached hydrogen (secondary N) is 2. The average Bonchev–Trinajstić information content (AvgIpc) is 2.49. The first-order valence-corrected chi connectivity index (χ1v) is 7.99. The molecule has 0 spiro atoms. The molecule has 2 N–H and O–H groups in total. The van der Waals surface area contributed by atoms with Gasteiger partial charge in [-0.15, -0.1) is 0 Å². The lowest BCUT2D eigenvalue weighted by molar-refractivity contribution is -0.115. The Kier molecular flexibility index (Phi) is 6.21. The smallest absolute Gasteiger partial charge is 0.238 e. The van der Waals surface area contributed by atoms with Crippen molar-refractivity contribution >= 4 is 11.6 Å². The molecule has 4 heteroatoms. The van der Waals surface area contributed by atoms with Gasteiger partial charge in [-0.1, -0.05) is 24.6 Å². The number of likely N-dealkylation sites (tertiary alicyclic amines) is 1. The SMILES string of the molecule is CCCN1CCC(NCC(=O)Nc2ccc(C)cc2)CC1. The summed E-state index contributed by atoms with van der Waals surface area (Å²) in [5, 5.41) is 6.30. The first-order chi connectivity index (χ1) is 10.2. The van der Waals surface area contributed by atoms with Crippen molar-refractivity contribution in [3.05, 3.63) is 29.8 Å². The van der Waals surface area contributed by atoms with Crippen LogP contribution >= 0.6 is 0 Å². The van der Waals surface area contributed by atoms with E-state index in [0.717, 1.165) is 31.6 Å². The van der Waals surface area contributed by atoms with Gasteiger partial charge in [0.15, 0.2) is 0 Å². The zero-order valence-electron chi connectivity index (χ0n) is 13.2. The highest BCUT2D eigenvalue weighted by Gasteiger charge is 2.18. The van der Waals surface area contributed by atoms with Gasteiger partial charge in [0.25, 0.3) is 0 Å². The summed E-state index contributed by atoms with van der Waals surface area (Å²) in [4.78, 5) is 14.4. The van der Waals surface area contributed by atoms with Crippen molar-refractivity contribution in [3.63, 3.8) is 0 Å². The molecule has 0 saturated carbocycles. The minimum atomic E-state index is 0.0369. The fourth-order valence-electron chi connectivity index (χ4n) is 2.76. The third-order valence-corrected chi connectivity index (χ3v) is 4.01. The fourth-order valence-corrected chi connectivity index (χ4v) is 2.76. The van der Waals surface area contributed by atoms with Crippen LogP contribution in [0.25, 0.3) is 0 Å². The summed E-state index contributed by atoms with van der Waals surface area (Å²) in [5.41, 5.74) is 2.06. The van der Waals surface area contributed by atoms with E-state index in [9.17, 15) is 4.79 Å². The predicted molar refractivity (Wildman–Crippen MR) is 87.6 cm³/mol. The lowest BCUT2D eigenvalue weighted by atomic mass is 10.0. The first kappa shape index (κ1) is 16.0. The number of hydrogen-bond donors (Lipinski definition) is 2. The van der Waals surface area contributed by atoms with Gasteiger partial charge in [-0.05, 0) is 58.0 Å². The van der Waals surface area contributed by atoms with Crippen LogP contribution in [0.1, 0.15) is 31.7 Å². The zero-order valence-corrected chi connectivity index (χ0v) is 13.2. The van der Waals surface area contributed by atoms with Gasteiger partial charge in [-0.2, -0.15) is 0 Å². The summed E-state index contributed by atoms with van der Waals surface area (Å²) in [6, 6.07) is 8.37. The lowest BCUT2D eigenvalue weighted by Gasteiger charge is -2.32. The van der Waals surface area contributed by atoms with Crippen LogP contribution in [0, 0.1) is 6.92 Å². The molecule has 1 saturated heterocycles. The molecular weight excluding hydrogens is 262 g/mol. The molecule has 0 unspecified atom stereocenters. The van der Waals surface area contributed by atoms with Gasteiger partial charge in [-0.3, -0.25) is 4.79 Å². The third kappa shape index (κ3) is 5.48. The van der Waals surface area contributed by atoms with Crippen LogP contribution < -0.4 is 10.6 Å². The summed E-state index contributed by atoms with van der Waals surface area (Å²) in [6.07, 6.45) is 3.49. The molecule has 4 nitrogen and oxygen atoms in total. The van der Waals surface area contributed by atoms with Crippen LogP contribution in [0.15, 0.2) is 24.3 Å². The molecule has 0 bridgehead atoms. The first-order valence-electron chi connectivity index (χ1n) is 7.99. The van der Waals surface area contributed by atoms with Crippen LogP contribution in [0.4, 0.5) is 5.69 Å². The maximum Gasteiger partial charge on any atom is 0.238 e. The number of piperidine rings is 1. The Labute approximate surface area is 127 Å². The number of benzene rings is 1. The number of hydrogen-bond acceptors (Lipinski definition) is 3. The van der Waals surface area contributed by atoms with E-state index in [4.69, 9.17) is 0 Å². The van der Waals surface area contributed by atoms with Crippen molar-refractivity contribution in [2.75, 3.05) is 31.5 Å². The van der Waals surface area contributed by atoms with Crippen LogP contribution in [0.2, 0.25) is 0 Å². The number of anilines is 1. The summed E-state index contributed by atoms with van der Waals surface area (Å²) in [7, 11) is 0. The van der Waals surface area contributed by atoms with Gasteiger partial charge in [0.2, 0.25) is 5.91 Å². The molecule has 0 radical (unpaired) electrons. The standard InChI is InChI=1S/C17H27N3O/c1-3-10-20-11-8-15(9-12-20)18-13-17(21)19-16-6-4-14(2)5-7-16/h4-7,15,18H,3,8-13H2,1-2H3,(H,19,21). The maximum absolute atomic E-state index is 11.9. The van der Waals surface area contributed by atoms with E-state index in [1.54, 1.807) is 0 Å². The predicted octanol–water partition coefficient (Wildman–Crippen LogP) is 2.40. The lowest BCUT2D eigenvalue weighted by Crippen LogP contribution is -2.44. The van der Waals surface area contributed by atoms with Gasteiger partial charge in [-0.25, -0.2) is 0 Å². The second-order valence-electron chi connectivity index (χ2n) is 5.91. The van der Waals surface area contributed by atoms with Gasteiger partial charge in [0.1, 0.15) is 0 Å². The highest BCUT2D eigenvalue weighted by atomic mass is 16.1. The Hall–Kier alpha value is -1.39. The van der Waals surface area contributed by atoms with Crippen molar-refractivity contribution < 1.29 is 4.79 Å². The molecule has 1 amide bonds. The summed E-state index contributed by atoms with van der Waals surface area (Å²) < 4.78 is 0. The Bertz CT molecular complexity index is 436. The normalized spacial score (nSPS) is 16.9. The van der Waals surface area contributed by atoms with E-state index in [1.165, 1.54) is 18.5 Å². The summed E-state index contributed by atoms with van der Waals surface area (Å²) in [6.45, 7) is 8.14. The Morgan fingerprint density at radius 3 is 2.52 bits per heavy atom. The molecule has 1 aliphatic rings. The van der Waals surface area contributed by atoms with Gasteiger partial charge in [0, 0.05) is 11.7 Å². The van der Waals surface area contributed by atoms with E-state index >= 15 is 0 Å². The average molecular weight is 289 g/mol. The van der Waals surface area contributed by atoms with Crippen molar-refractivity contribution in [2.45, 2.75) is 39.2 Å². The molecular formula is C17H27N3O.